The molecule has 0 aromatic carbocycles. The lowest BCUT2D eigenvalue weighted by molar-refractivity contribution is -0.142. The lowest BCUT2D eigenvalue weighted by Crippen LogP contribution is -2.21. The molecule has 13 heteroatoms. The molecule has 0 radical (unpaired) electrons. The number of hydrogen-bond acceptors (Lipinski definition) is 7. The van der Waals surface area contributed by atoms with E-state index in [4.69, 9.17) is 4.42 Å². The molecule has 9 nitrogen and oxygen atoms in total. The van der Waals surface area contributed by atoms with E-state index in [1.54, 1.807) is 13.8 Å². The van der Waals surface area contributed by atoms with Gasteiger partial charge in [-0.25, -0.2) is 0 Å². The quantitative estimate of drug-likeness (QED) is 0.634. The third kappa shape index (κ3) is 3.94. The summed E-state index contributed by atoms with van der Waals surface area (Å²) in [6.07, 6.45) is -4.73. The molecule has 0 aliphatic carbocycles. The van der Waals surface area contributed by atoms with E-state index in [0.29, 0.717) is 4.40 Å². The highest BCUT2D eigenvalue weighted by atomic mass is 32.2. The summed E-state index contributed by atoms with van der Waals surface area (Å²) < 4.78 is 58.3. The molecule has 3 rings (SSSR count). The number of fused-ring (bicyclic) bond motifs is 1. The second kappa shape index (κ2) is 7.39. The molecule has 0 saturated carbocycles. The summed E-state index contributed by atoms with van der Waals surface area (Å²) in [4.78, 5) is 12.5. The van der Waals surface area contributed by atoms with E-state index in [9.17, 15) is 22.5 Å². The Bertz CT molecular complexity index is 1020. The van der Waals surface area contributed by atoms with Crippen molar-refractivity contribution >= 4 is 28.7 Å². The van der Waals surface area contributed by atoms with Crippen molar-refractivity contribution in [2.75, 3.05) is 5.32 Å². The number of rotatable bonds is 5. The number of carbonyl (C=O) groups is 1. The molecule has 3 aromatic heterocycles. The highest BCUT2D eigenvalue weighted by Gasteiger charge is 2.36. The van der Waals surface area contributed by atoms with Gasteiger partial charge in [0.15, 0.2) is 17.2 Å². The predicted octanol–water partition coefficient (Wildman–Crippen LogP) is 2.35. The van der Waals surface area contributed by atoms with Crippen molar-refractivity contribution in [1.29, 1.82) is 0 Å². The maximum atomic E-state index is 13.5. The monoisotopic (exact) mass is 416 g/mol. The van der Waals surface area contributed by atoms with Crippen LogP contribution in [0.1, 0.15) is 41.6 Å². The van der Waals surface area contributed by atoms with Gasteiger partial charge in [0, 0.05) is 6.92 Å². The van der Waals surface area contributed by atoms with Crippen LogP contribution in [0.2, 0.25) is 0 Å². The maximum absolute atomic E-state index is 13.5. The van der Waals surface area contributed by atoms with E-state index in [-0.39, 0.29) is 39.9 Å². The fourth-order valence-electron chi connectivity index (χ4n) is 2.35. The summed E-state index contributed by atoms with van der Waals surface area (Å²) in [5, 5.41) is 16.6. The molecule has 3 aromatic rings. The van der Waals surface area contributed by atoms with Gasteiger partial charge in [0.2, 0.25) is 5.89 Å². The molecule has 0 bridgehead atoms. The van der Waals surface area contributed by atoms with Gasteiger partial charge in [-0.1, -0.05) is 5.10 Å². The summed E-state index contributed by atoms with van der Waals surface area (Å²) in [6, 6.07) is 1.52. The standard InChI is InChI=1S/C15H15F3N6O3S/c1-7(2)28(26)6-11-21-22-12-9(4-5-10(24(11)12)15(16,17)18)13(25)19-14-23-20-8(3)27-14/h4-5,7H,6H2,1-3H3,(H,19,23,25). The number of carbonyl (C=O) groups excluding carboxylic acids is 1. The van der Waals surface area contributed by atoms with Crippen LogP contribution in [0.25, 0.3) is 5.65 Å². The molecule has 1 atom stereocenters. The number of hydrogen-bond donors (Lipinski definition) is 1. The molecule has 0 saturated heterocycles. The molecule has 0 fully saturated rings. The Morgan fingerprint density at radius 3 is 2.57 bits per heavy atom. The zero-order valence-corrected chi connectivity index (χ0v) is 15.8. The largest absolute Gasteiger partial charge is 0.616 e. The first kappa shape index (κ1) is 20.1. The van der Waals surface area contributed by atoms with Crippen LogP contribution in [0.5, 0.6) is 0 Å². The second-order valence-electron chi connectivity index (χ2n) is 6.06. The summed E-state index contributed by atoms with van der Waals surface area (Å²) in [6.45, 7) is 4.86. The number of amides is 1. The summed E-state index contributed by atoms with van der Waals surface area (Å²) >= 11 is -1.46. The molecule has 0 aliphatic rings. The fraction of sp³-hybridized carbons (Fsp3) is 0.400. The Labute approximate surface area is 159 Å². The number of pyridine rings is 1. The van der Waals surface area contributed by atoms with E-state index in [1.165, 1.54) is 6.92 Å². The number of nitrogens with one attached hydrogen (secondary N) is 1. The third-order valence-corrected chi connectivity index (χ3v) is 5.29. The molecular formula is C15H15F3N6O3S. The van der Waals surface area contributed by atoms with Crippen molar-refractivity contribution < 1.29 is 26.9 Å². The van der Waals surface area contributed by atoms with Gasteiger partial charge in [-0.15, -0.1) is 15.3 Å². The lowest BCUT2D eigenvalue weighted by atomic mass is 10.2. The first-order chi connectivity index (χ1) is 13.1. The van der Waals surface area contributed by atoms with Crippen LogP contribution in [0.3, 0.4) is 0 Å². The molecular weight excluding hydrogens is 401 g/mol. The molecule has 0 spiro atoms. The average Bonchev–Trinajstić information content (AvgIpc) is 3.19. The molecule has 1 unspecified atom stereocenters. The molecule has 1 amide bonds. The van der Waals surface area contributed by atoms with E-state index in [0.717, 1.165) is 12.1 Å². The van der Waals surface area contributed by atoms with Gasteiger partial charge in [0.1, 0.15) is 10.9 Å². The van der Waals surface area contributed by atoms with Crippen molar-refractivity contribution in [3.63, 3.8) is 0 Å². The van der Waals surface area contributed by atoms with E-state index < -0.39 is 29.0 Å². The second-order valence-corrected chi connectivity index (χ2v) is 8.05. The number of aryl methyl sites for hydroxylation is 1. The Balaban J connectivity index is 2.08. The van der Waals surface area contributed by atoms with E-state index >= 15 is 0 Å². The zero-order chi connectivity index (χ0) is 20.6. The van der Waals surface area contributed by atoms with Gasteiger partial charge in [-0.05, 0) is 37.2 Å². The maximum Gasteiger partial charge on any atom is 0.431 e. The van der Waals surface area contributed by atoms with Gasteiger partial charge in [-0.3, -0.25) is 14.5 Å². The normalized spacial score (nSPS) is 13.3. The number of alkyl halides is 3. The van der Waals surface area contributed by atoms with Crippen molar-refractivity contribution in [3.8, 4) is 0 Å². The van der Waals surface area contributed by atoms with Gasteiger partial charge in [0.25, 0.3) is 5.91 Å². The fourth-order valence-corrected chi connectivity index (χ4v) is 3.13. The lowest BCUT2D eigenvalue weighted by Gasteiger charge is -2.15. The first-order valence-corrected chi connectivity index (χ1v) is 9.39. The molecule has 1 N–H and O–H groups in total. The van der Waals surface area contributed by atoms with Crippen molar-refractivity contribution in [3.05, 3.63) is 35.1 Å². The minimum atomic E-state index is -4.73. The van der Waals surface area contributed by atoms with Crippen LogP contribution in [-0.4, -0.2) is 40.5 Å². The number of halogens is 3. The number of nitrogens with zero attached hydrogens (tertiary/aromatic N) is 5. The Morgan fingerprint density at radius 2 is 2.00 bits per heavy atom. The first-order valence-electron chi connectivity index (χ1n) is 8.00. The van der Waals surface area contributed by atoms with E-state index in [2.05, 4.69) is 25.7 Å². The number of anilines is 1. The van der Waals surface area contributed by atoms with Crippen molar-refractivity contribution in [2.45, 2.75) is 38.0 Å². The van der Waals surface area contributed by atoms with Crippen molar-refractivity contribution in [1.82, 2.24) is 24.8 Å². The molecule has 150 valence electrons. The van der Waals surface area contributed by atoms with Crippen LogP contribution in [-0.2, 0) is 23.1 Å². The van der Waals surface area contributed by atoms with E-state index in [1.807, 2.05) is 0 Å². The van der Waals surface area contributed by atoms with Crippen LogP contribution in [0.4, 0.5) is 19.2 Å². The average molecular weight is 416 g/mol. The van der Waals surface area contributed by atoms with Crippen molar-refractivity contribution in [2.24, 2.45) is 0 Å². The predicted molar refractivity (Wildman–Crippen MR) is 92.0 cm³/mol. The SMILES string of the molecule is Cc1nnc(NC(=O)c2ccc(C(F)(F)F)n3c(C[S+]([O-])C(C)C)nnc23)o1. The smallest absolute Gasteiger partial charge is 0.431 e. The number of aromatic nitrogens is 5. The summed E-state index contributed by atoms with van der Waals surface area (Å²) in [5.74, 6) is -0.992. The molecule has 0 aliphatic heterocycles. The molecule has 3 heterocycles. The van der Waals surface area contributed by atoms with Crippen LogP contribution in [0.15, 0.2) is 16.5 Å². The highest BCUT2D eigenvalue weighted by molar-refractivity contribution is 7.91. The van der Waals surface area contributed by atoms with Gasteiger partial charge < -0.3 is 8.97 Å². The third-order valence-electron chi connectivity index (χ3n) is 3.70. The molecule has 28 heavy (non-hydrogen) atoms. The van der Waals surface area contributed by atoms with Gasteiger partial charge >= 0.3 is 12.2 Å². The Morgan fingerprint density at radius 1 is 1.29 bits per heavy atom. The Hall–Kier alpha value is -2.67. The van der Waals surface area contributed by atoms with Gasteiger partial charge in [0.05, 0.1) is 5.56 Å². The van der Waals surface area contributed by atoms with Crippen LogP contribution < -0.4 is 5.32 Å². The topological polar surface area (TPSA) is 121 Å². The Kier molecular flexibility index (Phi) is 5.30. The van der Waals surface area contributed by atoms with Gasteiger partial charge in [-0.2, -0.15) is 13.2 Å². The zero-order valence-electron chi connectivity index (χ0n) is 14.9. The van der Waals surface area contributed by atoms with Crippen LogP contribution in [0, 0.1) is 6.92 Å². The summed E-state index contributed by atoms with van der Waals surface area (Å²) in [7, 11) is 0. The minimum Gasteiger partial charge on any atom is -0.616 e. The minimum absolute atomic E-state index is 0.155. The summed E-state index contributed by atoms with van der Waals surface area (Å²) in [5.41, 5.74) is -1.58. The highest BCUT2D eigenvalue weighted by Crippen LogP contribution is 2.31. The van der Waals surface area contributed by atoms with Crippen LogP contribution >= 0.6 is 0 Å².